The van der Waals surface area contributed by atoms with E-state index in [4.69, 9.17) is 5.73 Å². The zero-order valence-corrected chi connectivity index (χ0v) is 11.9. The normalized spacial score (nSPS) is 27.8. The summed E-state index contributed by atoms with van der Waals surface area (Å²) in [6.07, 6.45) is 2.80. The smallest absolute Gasteiger partial charge is 0.340 e. The highest BCUT2D eigenvalue weighted by atomic mass is 19.1. The molecule has 114 valence electrons. The van der Waals surface area contributed by atoms with Crippen LogP contribution in [0.25, 0.3) is 0 Å². The Kier molecular flexibility index (Phi) is 3.49. The first-order chi connectivity index (χ1) is 10.0. The molecule has 2 bridgehead atoms. The molecule has 0 aliphatic carbocycles. The van der Waals surface area contributed by atoms with Crippen molar-refractivity contribution in [3.8, 4) is 0 Å². The van der Waals surface area contributed by atoms with Crippen molar-refractivity contribution in [1.29, 1.82) is 0 Å². The first-order valence-corrected chi connectivity index (χ1v) is 7.15. The van der Waals surface area contributed by atoms with Gasteiger partial charge in [-0.15, -0.1) is 0 Å². The number of halogens is 1. The molecule has 3 N–H and O–H groups in total. The molecule has 6 heteroatoms. The van der Waals surface area contributed by atoms with Crippen LogP contribution < -0.4 is 10.6 Å². The van der Waals surface area contributed by atoms with Crippen molar-refractivity contribution in [3.63, 3.8) is 0 Å². The lowest BCUT2D eigenvalue weighted by molar-refractivity contribution is 0.0601. The van der Waals surface area contributed by atoms with E-state index in [1.165, 1.54) is 19.2 Å². The van der Waals surface area contributed by atoms with E-state index in [-0.39, 0.29) is 29.4 Å². The van der Waals surface area contributed by atoms with Gasteiger partial charge in [-0.2, -0.15) is 0 Å². The number of esters is 1. The molecule has 2 fully saturated rings. The van der Waals surface area contributed by atoms with Gasteiger partial charge in [-0.1, -0.05) is 0 Å². The summed E-state index contributed by atoms with van der Waals surface area (Å²) in [7, 11) is 1.27. The molecular weight excluding hydrogens is 275 g/mol. The van der Waals surface area contributed by atoms with Gasteiger partial charge in [0.1, 0.15) is 5.82 Å². The maximum absolute atomic E-state index is 14.3. The predicted molar refractivity (Wildman–Crippen MR) is 76.7 cm³/mol. The van der Waals surface area contributed by atoms with E-state index < -0.39 is 11.8 Å². The average molecular weight is 294 g/mol. The maximum Gasteiger partial charge on any atom is 0.340 e. The Morgan fingerprint density at radius 3 is 2.57 bits per heavy atom. The zero-order chi connectivity index (χ0) is 15.1. The van der Waals surface area contributed by atoms with Crippen molar-refractivity contribution in [3.05, 3.63) is 23.5 Å². The molecule has 21 heavy (non-hydrogen) atoms. The maximum atomic E-state index is 14.3. The van der Waals surface area contributed by atoms with E-state index in [2.05, 4.69) is 4.74 Å². The second-order valence-corrected chi connectivity index (χ2v) is 5.80. The summed E-state index contributed by atoms with van der Waals surface area (Å²) in [4.78, 5) is 13.7. The van der Waals surface area contributed by atoms with Crippen LogP contribution in [0.4, 0.5) is 15.8 Å². The molecule has 0 spiro atoms. The third-order valence-electron chi connectivity index (χ3n) is 4.51. The Balaban J connectivity index is 2.01. The van der Waals surface area contributed by atoms with Crippen LogP contribution in [0.5, 0.6) is 0 Å². The van der Waals surface area contributed by atoms with E-state index in [0.717, 1.165) is 12.8 Å². The Morgan fingerprint density at radius 2 is 2.00 bits per heavy atom. The number of rotatable bonds is 2. The summed E-state index contributed by atoms with van der Waals surface area (Å²) in [6.45, 7) is 0. The molecule has 2 heterocycles. The van der Waals surface area contributed by atoms with Gasteiger partial charge in [0.15, 0.2) is 0 Å². The number of methoxy groups -OCH3 is 1. The second kappa shape index (κ2) is 5.18. The molecule has 1 aromatic rings. The van der Waals surface area contributed by atoms with E-state index in [9.17, 15) is 14.3 Å². The molecule has 2 aliphatic rings. The zero-order valence-electron chi connectivity index (χ0n) is 11.9. The number of fused-ring (bicyclic) bond motifs is 2. The number of aliphatic hydroxyl groups is 1. The summed E-state index contributed by atoms with van der Waals surface area (Å²) in [5.41, 5.74) is 6.34. The Hall–Kier alpha value is -1.82. The van der Waals surface area contributed by atoms with E-state index >= 15 is 0 Å². The van der Waals surface area contributed by atoms with Gasteiger partial charge in [-0.05, 0) is 37.8 Å². The van der Waals surface area contributed by atoms with Crippen LogP contribution in [0.15, 0.2) is 12.1 Å². The van der Waals surface area contributed by atoms with Crippen molar-refractivity contribution >= 4 is 17.3 Å². The van der Waals surface area contributed by atoms with Crippen molar-refractivity contribution in [2.75, 3.05) is 17.7 Å². The second-order valence-electron chi connectivity index (χ2n) is 5.80. The van der Waals surface area contributed by atoms with Gasteiger partial charge >= 0.3 is 5.97 Å². The summed E-state index contributed by atoms with van der Waals surface area (Å²) >= 11 is 0. The quantitative estimate of drug-likeness (QED) is 0.641. The molecule has 0 saturated carbocycles. The first-order valence-electron chi connectivity index (χ1n) is 7.15. The van der Waals surface area contributed by atoms with Gasteiger partial charge in [0.05, 0.1) is 24.5 Å². The van der Waals surface area contributed by atoms with Gasteiger partial charge < -0.3 is 20.5 Å². The number of ether oxygens (including phenoxy) is 1. The number of carbonyl (C=O) groups excluding carboxylic acids is 1. The summed E-state index contributed by atoms with van der Waals surface area (Å²) < 4.78 is 19.0. The molecule has 2 atom stereocenters. The number of benzene rings is 1. The highest BCUT2D eigenvalue weighted by molar-refractivity contribution is 5.96. The summed E-state index contributed by atoms with van der Waals surface area (Å²) in [5.74, 6) is -1.01. The lowest BCUT2D eigenvalue weighted by Crippen LogP contribution is -2.45. The fraction of sp³-hybridized carbons (Fsp3) is 0.533. The van der Waals surface area contributed by atoms with Crippen LogP contribution in [0.2, 0.25) is 0 Å². The minimum absolute atomic E-state index is 0.0764. The number of nitrogens with zero attached hydrogens (tertiary/aromatic N) is 1. The van der Waals surface area contributed by atoms with E-state index in [1.807, 2.05) is 4.90 Å². The minimum Gasteiger partial charge on any atom is -0.465 e. The summed E-state index contributed by atoms with van der Waals surface area (Å²) in [6, 6.07) is 2.87. The highest BCUT2D eigenvalue weighted by Gasteiger charge is 2.41. The van der Waals surface area contributed by atoms with Gasteiger partial charge in [0, 0.05) is 17.8 Å². The largest absolute Gasteiger partial charge is 0.465 e. The third-order valence-corrected chi connectivity index (χ3v) is 4.51. The summed E-state index contributed by atoms with van der Waals surface area (Å²) in [5, 5.41) is 9.83. The molecule has 2 saturated heterocycles. The number of hydrogen-bond donors (Lipinski definition) is 2. The highest BCUT2D eigenvalue weighted by Crippen LogP contribution is 2.41. The van der Waals surface area contributed by atoms with Crippen LogP contribution in [0, 0.1) is 5.82 Å². The fourth-order valence-corrected chi connectivity index (χ4v) is 3.60. The van der Waals surface area contributed by atoms with Crippen LogP contribution in [0.3, 0.4) is 0 Å². The Morgan fingerprint density at radius 1 is 1.38 bits per heavy atom. The Bertz CT molecular complexity index is 564. The molecule has 5 nitrogen and oxygen atoms in total. The van der Waals surface area contributed by atoms with Crippen molar-refractivity contribution in [2.24, 2.45) is 0 Å². The minimum atomic E-state index is -0.571. The van der Waals surface area contributed by atoms with Crippen LogP contribution >= 0.6 is 0 Å². The first kappa shape index (κ1) is 14.1. The SMILES string of the molecule is COC(=O)c1cc(N2C3CCC2CC(O)C3)c(F)cc1N. The number of nitrogen functional groups attached to an aromatic ring is 1. The fourth-order valence-electron chi connectivity index (χ4n) is 3.60. The molecule has 0 radical (unpaired) electrons. The lowest BCUT2D eigenvalue weighted by atomic mass is 9.98. The lowest BCUT2D eigenvalue weighted by Gasteiger charge is -2.39. The Labute approximate surface area is 122 Å². The van der Waals surface area contributed by atoms with E-state index in [0.29, 0.717) is 18.5 Å². The molecule has 2 aliphatic heterocycles. The van der Waals surface area contributed by atoms with Crippen LogP contribution in [-0.4, -0.2) is 36.4 Å². The number of piperidine rings is 1. The predicted octanol–water partition coefficient (Wildman–Crippen LogP) is 1.69. The van der Waals surface area contributed by atoms with Gasteiger partial charge in [-0.3, -0.25) is 0 Å². The third kappa shape index (κ3) is 2.33. The van der Waals surface area contributed by atoms with Crippen molar-refractivity contribution in [2.45, 2.75) is 43.9 Å². The van der Waals surface area contributed by atoms with Gasteiger partial charge in [-0.25, -0.2) is 9.18 Å². The standard InChI is InChI=1S/C15H19FN2O3/c1-21-15(20)11-6-14(12(16)7-13(11)17)18-8-2-3-9(18)5-10(19)4-8/h6-10,19H,2-5,17H2,1H3. The monoisotopic (exact) mass is 294 g/mol. The topological polar surface area (TPSA) is 75.8 Å². The van der Waals surface area contributed by atoms with Gasteiger partial charge in [0.2, 0.25) is 0 Å². The number of carbonyl (C=O) groups is 1. The van der Waals surface area contributed by atoms with E-state index in [1.54, 1.807) is 0 Å². The molecule has 2 unspecified atom stereocenters. The number of hydrogen-bond acceptors (Lipinski definition) is 5. The number of aliphatic hydroxyl groups excluding tert-OH is 1. The van der Waals surface area contributed by atoms with Crippen molar-refractivity contribution in [1.82, 2.24) is 0 Å². The number of anilines is 2. The molecule has 0 aromatic heterocycles. The number of nitrogens with two attached hydrogens (primary N) is 1. The molecule has 3 rings (SSSR count). The van der Waals surface area contributed by atoms with Crippen molar-refractivity contribution < 1.29 is 19.0 Å². The van der Waals surface area contributed by atoms with Crippen LogP contribution in [-0.2, 0) is 4.74 Å². The molecule has 1 aromatic carbocycles. The molecule has 0 amide bonds. The van der Waals surface area contributed by atoms with Crippen LogP contribution in [0.1, 0.15) is 36.0 Å². The van der Waals surface area contributed by atoms with Gasteiger partial charge in [0.25, 0.3) is 0 Å². The average Bonchev–Trinajstić information content (AvgIpc) is 2.70. The molecular formula is C15H19FN2O3.